The topological polar surface area (TPSA) is 71.4 Å². The number of halogens is 1. The monoisotopic (exact) mass is 274 g/mol. The van der Waals surface area contributed by atoms with Gasteiger partial charge in [-0.15, -0.1) is 0 Å². The van der Waals surface area contributed by atoms with E-state index in [9.17, 15) is 17.6 Å². The molecule has 0 bridgehead atoms. The number of carbonyl (C=O) groups is 1. The minimum Gasteiger partial charge on any atom is -0.481 e. The van der Waals surface area contributed by atoms with Crippen molar-refractivity contribution in [2.24, 2.45) is 0 Å². The van der Waals surface area contributed by atoms with Crippen molar-refractivity contribution in [3.8, 4) is 0 Å². The van der Waals surface area contributed by atoms with Crippen LogP contribution >= 0.6 is 0 Å². The van der Waals surface area contributed by atoms with Crippen LogP contribution < -0.4 is 0 Å². The summed E-state index contributed by atoms with van der Waals surface area (Å²) in [5.74, 6) is -1.55. The molecule has 0 heterocycles. The summed E-state index contributed by atoms with van der Waals surface area (Å²) in [6, 6.07) is 4.89. The predicted octanol–water partition coefficient (Wildman–Crippen LogP) is 2.24. The molecule has 0 aromatic heterocycles. The van der Waals surface area contributed by atoms with Gasteiger partial charge in [0.2, 0.25) is 0 Å². The second-order valence-corrected chi connectivity index (χ2v) is 6.09. The van der Waals surface area contributed by atoms with E-state index in [0.717, 1.165) is 6.07 Å². The van der Waals surface area contributed by atoms with Crippen LogP contribution in [0.1, 0.15) is 25.7 Å². The Balaban J connectivity index is 2.48. The number of hydrogen-bond donors (Lipinski definition) is 1. The Kier molecular flexibility index (Phi) is 5.27. The molecule has 18 heavy (non-hydrogen) atoms. The average molecular weight is 274 g/mol. The molecule has 0 radical (unpaired) electrons. The van der Waals surface area contributed by atoms with Gasteiger partial charge in [-0.2, -0.15) is 0 Å². The van der Waals surface area contributed by atoms with Gasteiger partial charge in [-0.3, -0.25) is 4.79 Å². The fourth-order valence-electron chi connectivity index (χ4n) is 1.52. The molecule has 0 atom stereocenters. The Hall–Kier alpha value is -1.43. The van der Waals surface area contributed by atoms with Crippen molar-refractivity contribution in [2.75, 3.05) is 5.75 Å². The highest BCUT2D eigenvalue weighted by atomic mass is 32.2. The average Bonchev–Trinajstić information content (AvgIpc) is 2.28. The Morgan fingerprint density at radius 1 is 1.22 bits per heavy atom. The highest BCUT2D eigenvalue weighted by molar-refractivity contribution is 7.91. The first-order valence-corrected chi connectivity index (χ1v) is 7.27. The zero-order valence-electron chi connectivity index (χ0n) is 9.80. The van der Waals surface area contributed by atoms with Crippen LogP contribution in [0.2, 0.25) is 0 Å². The third kappa shape index (κ3) is 4.83. The molecular weight excluding hydrogens is 259 g/mol. The lowest BCUT2D eigenvalue weighted by atomic mass is 10.2. The van der Waals surface area contributed by atoms with Crippen molar-refractivity contribution < 1.29 is 22.7 Å². The zero-order valence-corrected chi connectivity index (χ0v) is 10.6. The van der Waals surface area contributed by atoms with E-state index in [-0.39, 0.29) is 17.1 Å². The quantitative estimate of drug-likeness (QED) is 0.774. The third-order valence-corrected chi connectivity index (χ3v) is 4.26. The first-order chi connectivity index (χ1) is 8.42. The molecule has 0 unspecified atom stereocenters. The van der Waals surface area contributed by atoms with Gasteiger partial charge >= 0.3 is 5.97 Å². The Morgan fingerprint density at radius 3 is 2.56 bits per heavy atom. The predicted molar refractivity (Wildman–Crippen MR) is 64.6 cm³/mol. The van der Waals surface area contributed by atoms with Gasteiger partial charge in [0.15, 0.2) is 9.84 Å². The highest BCUT2D eigenvalue weighted by Crippen LogP contribution is 2.14. The number of benzene rings is 1. The van der Waals surface area contributed by atoms with Crippen LogP contribution in [0, 0.1) is 5.82 Å². The van der Waals surface area contributed by atoms with Gasteiger partial charge in [-0.1, -0.05) is 12.5 Å². The number of carboxylic acid groups (broad SMARTS) is 1. The van der Waals surface area contributed by atoms with Crippen LogP contribution in [0.5, 0.6) is 0 Å². The van der Waals surface area contributed by atoms with E-state index in [1.807, 2.05) is 0 Å². The van der Waals surface area contributed by atoms with Gasteiger partial charge in [0.05, 0.1) is 10.6 Å². The molecule has 100 valence electrons. The second kappa shape index (κ2) is 6.49. The molecule has 0 aliphatic rings. The van der Waals surface area contributed by atoms with E-state index in [1.54, 1.807) is 0 Å². The molecule has 0 saturated carbocycles. The molecule has 0 aliphatic carbocycles. The smallest absolute Gasteiger partial charge is 0.303 e. The summed E-state index contributed by atoms with van der Waals surface area (Å²) in [4.78, 5) is 10.2. The summed E-state index contributed by atoms with van der Waals surface area (Å²) >= 11 is 0. The molecule has 0 fully saturated rings. The molecule has 0 spiro atoms. The largest absolute Gasteiger partial charge is 0.481 e. The van der Waals surface area contributed by atoms with Crippen molar-refractivity contribution in [2.45, 2.75) is 30.6 Å². The van der Waals surface area contributed by atoms with E-state index in [1.165, 1.54) is 18.2 Å². The first-order valence-electron chi connectivity index (χ1n) is 5.62. The molecule has 1 rings (SSSR count). The van der Waals surface area contributed by atoms with Gasteiger partial charge in [-0.05, 0) is 31.0 Å². The standard InChI is InChI=1S/C12H15FO4S/c13-10-5-4-6-11(9-10)18(16,17)8-3-1-2-7-12(14)15/h4-6,9H,1-3,7-8H2,(H,14,15). The molecule has 0 saturated heterocycles. The maximum absolute atomic E-state index is 12.9. The summed E-state index contributed by atoms with van der Waals surface area (Å²) in [7, 11) is -3.47. The normalized spacial score (nSPS) is 11.4. The zero-order chi connectivity index (χ0) is 13.6. The SMILES string of the molecule is O=C(O)CCCCCS(=O)(=O)c1cccc(F)c1. The van der Waals surface area contributed by atoms with Crippen LogP contribution in [-0.2, 0) is 14.6 Å². The summed E-state index contributed by atoms with van der Waals surface area (Å²) in [6.45, 7) is 0. The summed E-state index contributed by atoms with van der Waals surface area (Å²) < 4.78 is 36.5. The maximum Gasteiger partial charge on any atom is 0.303 e. The minimum absolute atomic E-state index is 0.0271. The summed E-state index contributed by atoms with van der Waals surface area (Å²) in [5, 5.41) is 8.42. The lowest BCUT2D eigenvalue weighted by Crippen LogP contribution is -2.07. The Bertz CT molecular complexity index is 511. The van der Waals surface area contributed by atoms with Crippen molar-refractivity contribution in [1.29, 1.82) is 0 Å². The minimum atomic E-state index is -3.47. The van der Waals surface area contributed by atoms with Gasteiger partial charge in [0, 0.05) is 6.42 Å². The van der Waals surface area contributed by atoms with Crippen LogP contribution in [0.25, 0.3) is 0 Å². The molecule has 4 nitrogen and oxygen atoms in total. The van der Waals surface area contributed by atoms with Crippen LogP contribution in [-0.4, -0.2) is 25.2 Å². The van der Waals surface area contributed by atoms with Crippen LogP contribution in [0.15, 0.2) is 29.2 Å². The number of aliphatic carboxylic acids is 1. The fraction of sp³-hybridized carbons (Fsp3) is 0.417. The fourth-order valence-corrected chi connectivity index (χ4v) is 2.92. The van der Waals surface area contributed by atoms with Crippen molar-refractivity contribution in [1.82, 2.24) is 0 Å². The molecular formula is C12H15FO4S. The van der Waals surface area contributed by atoms with E-state index in [0.29, 0.717) is 19.3 Å². The first kappa shape index (κ1) is 14.6. The van der Waals surface area contributed by atoms with Crippen molar-refractivity contribution >= 4 is 15.8 Å². The van der Waals surface area contributed by atoms with Gasteiger partial charge in [-0.25, -0.2) is 12.8 Å². The molecule has 0 aliphatic heterocycles. The number of carboxylic acids is 1. The van der Waals surface area contributed by atoms with E-state index < -0.39 is 21.6 Å². The number of rotatable bonds is 7. The number of sulfone groups is 1. The molecule has 6 heteroatoms. The molecule has 1 aromatic carbocycles. The van der Waals surface area contributed by atoms with E-state index >= 15 is 0 Å². The number of unbranched alkanes of at least 4 members (excludes halogenated alkanes) is 2. The Labute approximate surface area is 105 Å². The second-order valence-electron chi connectivity index (χ2n) is 3.98. The summed E-state index contributed by atoms with van der Waals surface area (Å²) in [6.07, 6.45) is 1.40. The molecule has 1 aromatic rings. The maximum atomic E-state index is 12.9. The van der Waals surface area contributed by atoms with Gasteiger partial charge in [0.1, 0.15) is 5.82 Å². The third-order valence-electron chi connectivity index (χ3n) is 2.46. The van der Waals surface area contributed by atoms with Crippen molar-refractivity contribution in [3.63, 3.8) is 0 Å². The van der Waals surface area contributed by atoms with Gasteiger partial charge in [0.25, 0.3) is 0 Å². The van der Waals surface area contributed by atoms with Crippen molar-refractivity contribution in [3.05, 3.63) is 30.1 Å². The van der Waals surface area contributed by atoms with E-state index in [2.05, 4.69) is 0 Å². The van der Waals surface area contributed by atoms with Crippen LogP contribution in [0.4, 0.5) is 4.39 Å². The van der Waals surface area contributed by atoms with E-state index in [4.69, 9.17) is 5.11 Å². The highest BCUT2D eigenvalue weighted by Gasteiger charge is 2.14. The van der Waals surface area contributed by atoms with Gasteiger partial charge < -0.3 is 5.11 Å². The number of hydrogen-bond acceptors (Lipinski definition) is 3. The van der Waals surface area contributed by atoms with Crippen LogP contribution in [0.3, 0.4) is 0 Å². The Morgan fingerprint density at radius 2 is 1.94 bits per heavy atom. The molecule has 0 amide bonds. The lowest BCUT2D eigenvalue weighted by molar-refractivity contribution is -0.137. The summed E-state index contributed by atoms with van der Waals surface area (Å²) in [5.41, 5.74) is 0. The molecule has 1 N–H and O–H groups in total. The lowest BCUT2D eigenvalue weighted by Gasteiger charge is -2.04.